The maximum atomic E-state index is 12.2. The maximum absolute atomic E-state index is 12.2. The van der Waals surface area contributed by atoms with Gasteiger partial charge in [0.05, 0.1) is 14.1 Å². The molecule has 0 aromatic carbocycles. The molecule has 0 radical (unpaired) electrons. The van der Waals surface area contributed by atoms with E-state index in [0.29, 0.717) is 17.4 Å². The van der Waals surface area contributed by atoms with Gasteiger partial charge < -0.3 is 28.9 Å². The van der Waals surface area contributed by atoms with E-state index in [1.807, 2.05) is 19.0 Å². The van der Waals surface area contributed by atoms with Crippen LogP contribution in [0.15, 0.2) is 0 Å². The van der Waals surface area contributed by atoms with E-state index < -0.39 is 0 Å². The minimum atomic E-state index is -0.0116. The summed E-state index contributed by atoms with van der Waals surface area (Å²) in [6.45, 7) is 4.93. The molecule has 0 aromatic rings. The van der Waals surface area contributed by atoms with E-state index in [1.165, 1.54) is 64.2 Å². The van der Waals surface area contributed by atoms with E-state index in [2.05, 4.69) is 12.3 Å². The number of rotatable bonds is 15. The lowest BCUT2D eigenvalue weighted by Crippen LogP contribution is -3.00. The molecule has 29 heavy (non-hydrogen) atoms. The lowest BCUT2D eigenvalue weighted by molar-refractivity contribution is -0.925. The number of unbranched alkanes of at least 4 members (excludes halogenated alkanes) is 9. The number of amides is 2. The van der Waals surface area contributed by atoms with Crippen LogP contribution in [0.5, 0.6) is 0 Å². The molecule has 172 valence electrons. The number of carbonyl (C=O) groups excluding carboxylic acids is 2. The number of nitrogens with one attached hydrogen (secondary N) is 1. The van der Waals surface area contributed by atoms with Crippen LogP contribution in [-0.2, 0) is 9.59 Å². The van der Waals surface area contributed by atoms with E-state index in [-0.39, 0.29) is 35.8 Å². The smallest absolute Gasteiger partial charge is 0.265 e. The average Bonchev–Trinajstić information content (AvgIpc) is 2.68. The first-order chi connectivity index (χ1) is 13.4. The number of piperidine rings is 1. The van der Waals surface area contributed by atoms with Gasteiger partial charge in [0.1, 0.15) is 6.54 Å². The fourth-order valence-corrected chi connectivity index (χ4v) is 3.97. The predicted molar refractivity (Wildman–Crippen MR) is 117 cm³/mol. The number of hydrogen-bond donors (Lipinski definition) is 1. The molecule has 0 saturated carbocycles. The van der Waals surface area contributed by atoms with Gasteiger partial charge in [0.25, 0.3) is 5.91 Å². The predicted octanol–water partition coefficient (Wildman–Crippen LogP) is 1.81. The van der Waals surface area contributed by atoms with E-state index in [4.69, 9.17) is 0 Å². The molecule has 0 unspecified atom stereocenters. The van der Waals surface area contributed by atoms with E-state index in [9.17, 15) is 9.59 Å². The van der Waals surface area contributed by atoms with Crippen molar-refractivity contribution in [2.45, 2.75) is 103 Å². The van der Waals surface area contributed by atoms with Gasteiger partial charge in [-0.1, -0.05) is 58.3 Å². The van der Waals surface area contributed by atoms with Gasteiger partial charge in [-0.25, -0.2) is 10.0 Å². The van der Waals surface area contributed by atoms with Crippen molar-refractivity contribution in [3.8, 4) is 0 Å². The van der Waals surface area contributed by atoms with Gasteiger partial charge in [-0.05, 0) is 32.1 Å². The average molecular weight is 524 g/mol. The van der Waals surface area contributed by atoms with Gasteiger partial charge in [-0.3, -0.25) is 9.59 Å². The van der Waals surface area contributed by atoms with Crippen molar-refractivity contribution in [1.82, 2.24) is 10.3 Å². The monoisotopic (exact) mass is 523 g/mol. The Balaban J connectivity index is 0.00000784. The molecule has 1 saturated heterocycles. The lowest BCUT2D eigenvalue weighted by Gasteiger charge is -2.29. The highest BCUT2D eigenvalue weighted by molar-refractivity contribution is 5.83. The molecule has 1 aliphatic heterocycles. The fourth-order valence-electron chi connectivity index (χ4n) is 3.97. The van der Waals surface area contributed by atoms with Crippen LogP contribution in [0.1, 0.15) is 103 Å². The van der Waals surface area contributed by atoms with Crippen molar-refractivity contribution in [2.75, 3.05) is 33.7 Å². The van der Waals surface area contributed by atoms with Crippen LogP contribution < -0.4 is 29.4 Å². The standard InChI is InChI=1S/C23H45N3O2.HI/c1-4-5-6-7-8-9-10-11-12-16-21-26(2,3)24-22(27)17-18-23(28)25-19-14-13-15-20-25;/h4-21H2,1-3H3;1H. The van der Waals surface area contributed by atoms with E-state index in [1.54, 1.807) is 0 Å². The molecule has 1 N–H and O–H groups in total. The van der Waals surface area contributed by atoms with Crippen molar-refractivity contribution < 1.29 is 38.2 Å². The first-order valence-corrected chi connectivity index (χ1v) is 11.9. The molecule has 2 amide bonds. The number of nitrogens with zero attached hydrogens (tertiary/aromatic N) is 2. The topological polar surface area (TPSA) is 49.4 Å². The van der Waals surface area contributed by atoms with Gasteiger partial charge in [0.2, 0.25) is 5.91 Å². The summed E-state index contributed by atoms with van der Waals surface area (Å²) in [5.74, 6) is 0.122. The molecular weight excluding hydrogens is 477 g/mol. The number of quaternary nitrogens is 1. The number of halogens is 1. The van der Waals surface area contributed by atoms with Gasteiger partial charge in [-0.2, -0.15) is 0 Å². The lowest BCUT2D eigenvalue weighted by atomic mass is 10.1. The second-order valence-electron chi connectivity index (χ2n) is 9.07. The van der Waals surface area contributed by atoms with Crippen LogP contribution in [0.4, 0.5) is 0 Å². The van der Waals surface area contributed by atoms with Crippen LogP contribution >= 0.6 is 0 Å². The number of carbonyl (C=O) groups is 2. The zero-order chi connectivity index (χ0) is 20.7. The third kappa shape index (κ3) is 15.1. The third-order valence-electron chi connectivity index (χ3n) is 5.77. The first-order valence-electron chi connectivity index (χ1n) is 11.9. The molecule has 1 heterocycles. The second-order valence-corrected chi connectivity index (χ2v) is 9.07. The Kier molecular flexibility index (Phi) is 17.1. The third-order valence-corrected chi connectivity index (χ3v) is 5.77. The second kappa shape index (κ2) is 17.3. The highest BCUT2D eigenvalue weighted by Gasteiger charge is 2.21. The molecule has 6 heteroatoms. The Morgan fingerprint density at radius 1 is 0.793 bits per heavy atom. The molecule has 1 fully saturated rings. The van der Waals surface area contributed by atoms with E-state index >= 15 is 0 Å². The van der Waals surface area contributed by atoms with Crippen LogP contribution in [-0.4, -0.2) is 55.0 Å². The molecular formula is C23H46IN3O2. The molecule has 0 atom stereocenters. The normalized spacial score (nSPS) is 14.4. The molecule has 1 aliphatic rings. The van der Waals surface area contributed by atoms with Crippen molar-refractivity contribution >= 4 is 11.8 Å². The van der Waals surface area contributed by atoms with E-state index in [0.717, 1.165) is 38.9 Å². The van der Waals surface area contributed by atoms with Crippen LogP contribution in [0, 0.1) is 0 Å². The summed E-state index contributed by atoms with van der Waals surface area (Å²) < 4.78 is 0.508. The van der Waals surface area contributed by atoms with Crippen molar-refractivity contribution in [3.05, 3.63) is 0 Å². The Morgan fingerprint density at radius 3 is 1.86 bits per heavy atom. The van der Waals surface area contributed by atoms with Crippen LogP contribution in [0.25, 0.3) is 0 Å². The summed E-state index contributed by atoms with van der Waals surface area (Å²) >= 11 is 0. The SMILES string of the molecule is CCCCCCCCCCCC[N+](C)(C)NC(=O)CCC(=O)N1CCCCC1.[I-]. The summed E-state index contributed by atoms with van der Waals surface area (Å²) in [5, 5.41) is 0. The van der Waals surface area contributed by atoms with Crippen molar-refractivity contribution in [2.24, 2.45) is 0 Å². The molecule has 0 bridgehead atoms. The highest BCUT2D eigenvalue weighted by Crippen LogP contribution is 2.12. The minimum absolute atomic E-state index is 0. The summed E-state index contributed by atoms with van der Waals surface area (Å²) in [7, 11) is 4.08. The Hall–Kier alpha value is -0.370. The Bertz CT molecular complexity index is 438. The van der Waals surface area contributed by atoms with Gasteiger partial charge in [0.15, 0.2) is 0 Å². The number of hydrogen-bond acceptors (Lipinski definition) is 2. The Morgan fingerprint density at radius 2 is 1.31 bits per heavy atom. The Labute approximate surface area is 196 Å². The highest BCUT2D eigenvalue weighted by atomic mass is 127. The zero-order valence-electron chi connectivity index (χ0n) is 19.3. The summed E-state index contributed by atoms with van der Waals surface area (Å²) in [6.07, 6.45) is 17.3. The van der Waals surface area contributed by atoms with Gasteiger partial charge >= 0.3 is 0 Å². The molecule has 0 aromatic heterocycles. The molecule has 0 spiro atoms. The summed E-state index contributed by atoms with van der Waals surface area (Å²) in [5.41, 5.74) is 3.07. The van der Waals surface area contributed by atoms with Gasteiger partial charge in [0, 0.05) is 25.9 Å². The summed E-state index contributed by atoms with van der Waals surface area (Å²) in [6, 6.07) is 0. The minimum Gasteiger partial charge on any atom is -1.00 e. The largest absolute Gasteiger partial charge is 1.00 e. The van der Waals surface area contributed by atoms with Crippen molar-refractivity contribution in [1.29, 1.82) is 0 Å². The molecule has 0 aliphatic carbocycles. The fraction of sp³-hybridized carbons (Fsp3) is 0.913. The summed E-state index contributed by atoms with van der Waals surface area (Å²) in [4.78, 5) is 26.3. The molecule has 1 rings (SSSR count). The van der Waals surface area contributed by atoms with Crippen molar-refractivity contribution in [3.63, 3.8) is 0 Å². The van der Waals surface area contributed by atoms with Gasteiger partial charge in [-0.15, -0.1) is 0 Å². The maximum Gasteiger partial charge on any atom is 0.265 e. The number of likely N-dealkylation sites (tertiary alicyclic amines) is 1. The van der Waals surface area contributed by atoms with Crippen LogP contribution in [0.2, 0.25) is 0 Å². The first kappa shape index (κ1) is 28.6. The zero-order valence-corrected chi connectivity index (χ0v) is 21.5. The quantitative estimate of drug-likeness (QED) is 0.154. The van der Waals surface area contributed by atoms with Crippen LogP contribution in [0.3, 0.4) is 0 Å². The molecule has 5 nitrogen and oxygen atoms in total.